The maximum atomic E-state index is 12.8. The van der Waals surface area contributed by atoms with Gasteiger partial charge in [0.2, 0.25) is 0 Å². The van der Waals surface area contributed by atoms with Crippen LogP contribution in [0.2, 0.25) is 10.0 Å². The van der Waals surface area contributed by atoms with Crippen molar-refractivity contribution in [3.63, 3.8) is 0 Å². The number of carbonyl (C=O) groups is 1. The molecule has 2 aromatic rings. The second-order valence-corrected chi connectivity index (χ2v) is 6.04. The van der Waals surface area contributed by atoms with Gasteiger partial charge < -0.3 is 4.74 Å². The van der Waals surface area contributed by atoms with Crippen LogP contribution in [0.1, 0.15) is 12.5 Å². The number of halogens is 2. The minimum atomic E-state index is -0.248. The van der Waals surface area contributed by atoms with Crippen molar-refractivity contribution in [3.8, 4) is 5.75 Å². The van der Waals surface area contributed by atoms with Crippen molar-refractivity contribution in [2.24, 2.45) is 5.10 Å². The normalized spacial score (nSPS) is 15.8. The molecule has 0 radical (unpaired) electrons. The predicted molar refractivity (Wildman–Crippen MR) is 98.0 cm³/mol. The van der Waals surface area contributed by atoms with Crippen LogP contribution in [0.25, 0.3) is 6.08 Å². The molecule has 1 amide bonds. The van der Waals surface area contributed by atoms with Crippen molar-refractivity contribution in [3.05, 3.63) is 63.6 Å². The van der Waals surface area contributed by atoms with Crippen LogP contribution in [0.3, 0.4) is 0 Å². The fraction of sp³-hybridized carbons (Fsp3) is 0.111. The summed E-state index contributed by atoms with van der Waals surface area (Å²) in [5.74, 6) is 0.441. The maximum Gasteiger partial charge on any atom is 0.280 e. The largest absolute Gasteiger partial charge is 0.496 e. The van der Waals surface area contributed by atoms with Crippen LogP contribution < -0.4 is 9.75 Å². The first-order valence-corrected chi connectivity index (χ1v) is 7.96. The highest BCUT2D eigenvalue weighted by atomic mass is 35.5. The summed E-state index contributed by atoms with van der Waals surface area (Å²) in [5, 5.41) is 6.48. The molecule has 0 aromatic heterocycles. The SMILES string of the molecule is COc1ccccc1/C=C1\C(=O)N(c2ccc(Cl)cc2Cl)N=C1C. The van der Waals surface area contributed by atoms with Crippen LogP contribution in [0, 0.1) is 0 Å². The van der Waals surface area contributed by atoms with Gasteiger partial charge in [-0.2, -0.15) is 10.1 Å². The Balaban J connectivity index is 2.00. The molecular formula is C18H14Cl2N2O2. The number of carbonyl (C=O) groups excluding carboxylic acids is 1. The predicted octanol–water partition coefficient (Wildman–Crippen LogP) is 4.81. The van der Waals surface area contributed by atoms with Gasteiger partial charge in [0.05, 0.1) is 29.1 Å². The Labute approximate surface area is 149 Å². The summed E-state index contributed by atoms with van der Waals surface area (Å²) in [4.78, 5) is 12.8. The number of amides is 1. The first kappa shape index (κ1) is 16.6. The van der Waals surface area contributed by atoms with E-state index in [2.05, 4.69) is 5.10 Å². The van der Waals surface area contributed by atoms with E-state index in [9.17, 15) is 4.79 Å². The zero-order chi connectivity index (χ0) is 17.3. The molecule has 3 rings (SSSR count). The van der Waals surface area contributed by atoms with E-state index in [1.54, 1.807) is 38.3 Å². The lowest BCUT2D eigenvalue weighted by molar-refractivity contribution is -0.114. The molecule has 2 aromatic carbocycles. The van der Waals surface area contributed by atoms with Crippen molar-refractivity contribution in [1.82, 2.24) is 0 Å². The average molecular weight is 361 g/mol. The van der Waals surface area contributed by atoms with Crippen LogP contribution in [-0.2, 0) is 4.79 Å². The van der Waals surface area contributed by atoms with Gasteiger partial charge >= 0.3 is 0 Å². The van der Waals surface area contributed by atoms with Crippen LogP contribution >= 0.6 is 23.2 Å². The van der Waals surface area contributed by atoms with E-state index in [1.807, 2.05) is 24.3 Å². The summed E-state index contributed by atoms with van der Waals surface area (Å²) in [6.45, 7) is 1.78. The minimum Gasteiger partial charge on any atom is -0.496 e. The second kappa shape index (κ2) is 6.67. The number of hydrogen-bond acceptors (Lipinski definition) is 3. The average Bonchev–Trinajstić information content (AvgIpc) is 2.83. The number of hydrazone groups is 1. The Morgan fingerprint density at radius 2 is 1.92 bits per heavy atom. The Kier molecular flexibility index (Phi) is 4.60. The van der Waals surface area contributed by atoms with Gasteiger partial charge in [-0.1, -0.05) is 41.4 Å². The minimum absolute atomic E-state index is 0.248. The molecule has 0 bridgehead atoms. The van der Waals surface area contributed by atoms with Gasteiger partial charge in [0.25, 0.3) is 5.91 Å². The molecule has 6 heteroatoms. The topological polar surface area (TPSA) is 41.9 Å². The standard InChI is InChI=1S/C18H14Cl2N2O2/c1-11-14(9-12-5-3-4-6-17(12)24-2)18(23)22(21-11)16-8-7-13(19)10-15(16)20/h3-10H,1-2H3/b14-9-. The molecule has 1 heterocycles. The summed E-state index contributed by atoms with van der Waals surface area (Å²) in [6.07, 6.45) is 1.77. The molecule has 0 N–H and O–H groups in total. The molecule has 1 aliphatic heterocycles. The van der Waals surface area contributed by atoms with Crippen LogP contribution in [0.5, 0.6) is 5.75 Å². The molecular weight excluding hydrogens is 347 g/mol. The summed E-state index contributed by atoms with van der Waals surface area (Å²) < 4.78 is 5.32. The highest BCUT2D eigenvalue weighted by Crippen LogP contribution is 2.33. The van der Waals surface area contributed by atoms with E-state index in [1.165, 1.54) is 5.01 Å². The first-order valence-electron chi connectivity index (χ1n) is 7.21. The second-order valence-electron chi connectivity index (χ2n) is 5.20. The Hall–Kier alpha value is -2.30. The third-order valence-corrected chi connectivity index (χ3v) is 4.18. The number of methoxy groups -OCH3 is 1. The van der Waals surface area contributed by atoms with Gasteiger partial charge in [-0.05, 0) is 37.3 Å². The quantitative estimate of drug-likeness (QED) is 0.737. The molecule has 24 heavy (non-hydrogen) atoms. The summed E-state index contributed by atoms with van der Waals surface area (Å²) in [7, 11) is 1.59. The third kappa shape index (κ3) is 3.03. The number of nitrogens with zero attached hydrogens (tertiary/aromatic N) is 2. The Bertz CT molecular complexity index is 875. The monoisotopic (exact) mass is 360 g/mol. The zero-order valence-corrected chi connectivity index (χ0v) is 14.6. The Morgan fingerprint density at radius 1 is 1.17 bits per heavy atom. The number of para-hydroxylation sites is 1. The van der Waals surface area contributed by atoms with Crippen molar-refractivity contribution in [2.75, 3.05) is 12.1 Å². The summed E-state index contributed by atoms with van der Waals surface area (Å²) in [6, 6.07) is 12.4. The van der Waals surface area contributed by atoms with Crippen molar-refractivity contribution in [2.45, 2.75) is 6.92 Å². The number of benzene rings is 2. The van der Waals surface area contributed by atoms with Crippen LogP contribution in [0.4, 0.5) is 5.69 Å². The number of anilines is 1. The molecule has 0 fully saturated rings. The fourth-order valence-electron chi connectivity index (χ4n) is 2.44. The molecule has 0 aliphatic carbocycles. The smallest absolute Gasteiger partial charge is 0.280 e. The Morgan fingerprint density at radius 3 is 2.62 bits per heavy atom. The number of hydrogen-bond donors (Lipinski definition) is 0. The lowest BCUT2D eigenvalue weighted by Crippen LogP contribution is -2.21. The van der Waals surface area contributed by atoms with Gasteiger partial charge in [0.15, 0.2) is 0 Å². The lowest BCUT2D eigenvalue weighted by atomic mass is 10.1. The van der Waals surface area contributed by atoms with Gasteiger partial charge in [-0.25, -0.2) is 0 Å². The molecule has 0 unspecified atom stereocenters. The summed E-state index contributed by atoms with van der Waals surface area (Å²) >= 11 is 12.1. The first-order chi connectivity index (χ1) is 11.5. The van der Waals surface area contributed by atoms with Crippen molar-refractivity contribution < 1.29 is 9.53 Å². The highest BCUT2D eigenvalue weighted by Gasteiger charge is 2.30. The highest BCUT2D eigenvalue weighted by molar-refractivity contribution is 6.38. The molecule has 0 atom stereocenters. The molecule has 0 saturated carbocycles. The fourth-order valence-corrected chi connectivity index (χ4v) is 2.93. The van der Waals surface area contributed by atoms with Gasteiger partial charge in [0, 0.05) is 10.6 Å². The van der Waals surface area contributed by atoms with E-state index in [0.29, 0.717) is 32.8 Å². The summed E-state index contributed by atoms with van der Waals surface area (Å²) in [5.41, 5.74) is 2.40. The number of ether oxygens (including phenoxy) is 1. The van der Waals surface area contributed by atoms with Gasteiger partial charge in [0.1, 0.15) is 5.75 Å². The lowest BCUT2D eigenvalue weighted by Gasteiger charge is -2.13. The van der Waals surface area contributed by atoms with E-state index in [-0.39, 0.29) is 5.91 Å². The molecule has 0 saturated heterocycles. The number of rotatable bonds is 3. The zero-order valence-electron chi connectivity index (χ0n) is 13.1. The molecule has 4 nitrogen and oxygen atoms in total. The van der Waals surface area contributed by atoms with Crippen LogP contribution in [0.15, 0.2) is 53.1 Å². The molecule has 122 valence electrons. The van der Waals surface area contributed by atoms with E-state index < -0.39 is 0 Å². The third-order valence-electron chi connectivity index (χ3n) is 3.64. The van der Waals surface area contributed by atoms with Gasteiger partial charge in [-0.3, -0.25) is 4.79 Å². The van der Waals surface area contributed by atoms with E-state index in [0.717, 1.165) is 5.56 Å². The van der Waals surface area contributed by atoms with Crippen molar-refractivity contribution in [1.29, 1.82) is 0 Å². The van der Waals surface area contributed by atoms with Gasteiger partial charge in [-0.15, -0.1) is 0 Å². The molecule has 0 spiro atoms. The molecule has 1 aliphatic rings. The van der Waals surface area contributed by atoms with Crippen molar-refractivity contribution >= 4 is 46.6 Å². The van der Waals surface area contributed by atoms with E-state index in [4.69, 9.17) is 27.9 Å². The maximum absolute atomic E-state index is 12.8. The van der Waals surface area contributed by atoms with E-state index >= 15 is 0 Å². The van der Waals surface area contributed by atoms with Crippen LogP contribution in [-0.4, -0.2) is 18.7 Å².